The number of aryl methyl sites for hydroxylation is 2. The van der Waals surface area contributed by atoms with Gasteiger partial charge in [-0.1, -0.05) is 6.07 Å². The molecular weight excluding hydrogens is 320 g/mol. The number of carbonyl (C=O) groups is 1. The molecule has 0 radical (unpaired) electrons. The van der Waals surface area contributed by atoms with Crippen LogP contribution in [0.2, 0.25) is 0 Å². The third-order valence-electron chi connectivity index (χ3n) is 4.21. The SMILES string of the molecule is Cc1cc(N)cc([C@H]2CN(C(=O)CCn3ccccc3=O)CCO2)n1. The number of nitrogen functional groups attached to an aromatic ring is 1. The molecule has 3 rings (SSSR count). The fraction of sp³-hybridized carbons (Fsp3) is 0.389. The van der Waals surface area contributed by atoms with E-state index >= 15 is 0 Å². The van der Waals surface area contributed by atoms with Crippen LogP contribution in [-0.4, -0.2) is 40.1 Å². The second-order valence-corrected chi connectivity index (χ2v) is 6.15. The van der Waals surface area contributed by atoms with Gasteiger partial charge in [-0.2, -0.15) is 0 Å². The van der Waals surface area contributed by atoms with Crippen LogP contribution in [0.3, 0.4) is 0 Å². The van der Waals surface area contributed by atoms with E-state index in [-0.39, 0.29) is 24.0 Å². The molecule has 132 valence electrons. The number of nitrogens with two attached hydrogens (primary N) is 1. The molecular formula is C18H22N4O3. The van der Waals surface area contributed by atoms with Gasteiger partial charge in [-0.05, 0) is 25.1 Å². The maximum atomic E-state index is 12.5. The summed E-state index contributed by atoms with van der Waals surface area (Å²) in [5.41, 5.74) is 7.98. The summed E-state index contributed by atoms with van der Waals surface area (Å²) in [6.07, 6.45) is 1.69. The number of rotatable bonds is 4. The van der Waals surface area contributed by atoms with E-state index in [1.54, 1.807) is 39.9 Å². The molecule has 0 unspecified atom stereocenters. The lowest BCUT2D eigenvalue weighted by Gasteiger charge is -2.33. The lowest BCUT2D eigenvalue weighted by atomic mass is 10.1. The van der Waals surface area contributed by atoms with E-state index in [0.29, 0.717) is 31.9 Å². The van der Waals surface area contributed by atoms with Crippen LogP contribution in [0, 0.1) is 6.92 Å². The number of nitrogens with zero attached hydrogens (tertiary/aromatic N) is 3. The van der Waals surface area contributed by atoms with Crippen LogP contribution in [-0.2, 0) is 16.1 Å². The molecule has 7 heteroatoms. The van der Waals surface area contributed by atoms with E-state index in [9.17, 15) is 9.59 Å². The smallest absolute Gasteiger partial charge is 0.250 e. The molecule has 0 saturated carbocycles. The summed E-state index contributed by atoms with van der Waals surface area (Å²) in [4.78, 5) is 30.4. The van der Waals surface area contributed by atoms with Gasteiger partial charge < -0.3 is 19.9 Å². The summed E-state index contributed by atoms with van der Waals surface area (Å²) in [6.45, 7) is 3.69. The van der Waals surface area contributed by atoms with Gasteiger partial charge in [0, 0.05) is 43.2 Å². The van der Waals surface area contributed by atoms with E-state index in [0.717, 1.165) is 11.4 Å². The lowest BCUT2D eigenvalue weighted by molar-refractivity contribution is -0.139. The molecule has 2 aromatic rings. The largest absolute Gasteiger partial charge is 0.399 e. The molecule has 0 spiro atoms. The Morgan fingerprint density at radius 2 is 2.24 bits per heavy atom. The second-order valence-electron chi connectivity index (χ2n) is 6.15. The molecule has 2 N–H and O–H groups in total. The number of anilines is 1. The van der Waals surface area contributed by atoms with E-state index in [1.165, 1.54) is 6.07 Å². The average Bonchev–Trinajstić information content (AvgIpc) is 2.60. The first-order chi connectivity index (χ1) is 12.0. The third-order valence-corrected chi connectivity index (χ3v) is 4.21. The Morgan fingerprint density at radius 1 is 1.40 bits per heavy atom. The van der Waals surface area contributed by atoms with Crippen molar-refractivity contribution in [2.24, 2.45) is 0 Å². The molecule has 0 aromatic carbocycles. The van der Waals surface area contributed by atoms with E-state index in [4.69, 9.17) is 10.5 Å². The summed E-state index contributed by atoms with van der Waals surface area (Å²) in [6, 6.07) is 8.54. The van der Waals surface area contributed by atoms with Gasteiger partial charge in [0.05, 0.1) is 18.8 Å². The number of pyridine rings is 2. The van der Waals surface area contributed by atoms with Crippen molar-refractivity contribution in [2.45, 2.75) is 26.0 Å². The minimum atomic E-state index is -0.278. The summed E-state index contributed by atoms with van der Waals surface area (Å²) in [5, 5.41) is 0. The van der Waals surface area contributed by atoms with Gasteiger partial charge in [-0.3, -0.25) is 14.6 Å². The van der Waals surface area contributed by atoms with Crippen molar-refractivity contribution in [3.8, 4) is 0 Å². The summed E-state index contributed by atoms with van der Waals surface area (Å²) in [5.74, 6) is 0.00433. The number of amides is 1. The van der Waals surface area contributed by atoms with Crippen LogP contribution in [0.5, 0.6) is 0 Å². The van der Waals surface area contributed by atoms with Gasteiger partial charge in [-0.15, -0.1) is 0 Å². The molecule has 3 heterocycles. The second kappa shape index (κ2) is 7.48. The monoisotopic (exact) mass is 342 g/mol. The van der Waals surface area contributed by atoms with Crippen LogP contribution < -0.4 is 11.3 Å². The van der Waals surface area contributed by atoms with Crippen molar-refractivity contribution in [1.29, 1.82) is 0 Å². The molecule has 0 aliphatic carbocycles. The maximum Gasteiger partial charge on any atom is 0.250 e. The van der Waals surface area contributed by atoms with Crippen molar-refractivity contribution in [1.82, 2.24) is 14.5 Å². The molecule has 1 atom stereocenters. The first kappa shape index (κ1) is 17.2. The predicted octanol–water partition coefficient (Wildman–Crippen LogP) is 1.12. The Hall–Kier alpha value is -2.67. The lowest BCUT2D eigenvalue weighted by Crippen LogP contribution is -2.43. The van der Waals surface area contributed by atoms with Crippen LogP contribution in [0.25, 0.3) is 0 Å². The number of hydrogen-bond donors (Lipinski definition) is 1. The van der Waals surface area contributed by atoms with Gasteiger partial charge in [-0.25, -0.2) is 0 Å². The van der Waals surface area contributed by atoms with Crippen molar-refractivity contribution >= 4 is 11.6 Å². The zero-order valence-corrected chi connectivity index (χ0v) is 14.2. The van der Waals surface area contributed by atoms with E-state index in [2.05, 4.69) is 4.98 Å². The number of morpholine rings is 1. The maximum absolute atomic E-state index is 12.5. The fourth-order valence-corrected chi connectivity index (χ4v) is 2.96. The fourth-order valence-electron chi connectivity index (χ4n) is 2.96. The first-order valence-electron chi connectivity index (χ1n) is 8.32. The molecule has 1 fully saturated rings. The molecule has 2 aromatic heterocycles. The Bertz CT molecular complexity index is 798. The van der Waals surface area contributed by atoms with E-state index < -0.39 is 0 Å². The topological polar surface area (TPSA) is 90.5 Å². The van der Waals surface area contributed by atoms with Crippen LogP contribution in [0.4, 0.5) is 5.69 Å². The highest BCUT2D eigenvalue weighted by atomic mass is 16.5. The number of aromatic nitrogens is 2. The highest BCUT2D eigenvalue weighted by molar-refractivity contribution is 5.76. The predicted molar refractivity (Wildman–Crippen MR) is 94.0 cm³/mol. The van der Waals surface area contributed by atoms with Crippen LogP contribution >= 0.6 is 0 Å². The van der Waals surface area contributed by atoms with Gasteiger partial charge in [0.15, 0.2) is 0 Å². The van der Waals surface area contributed by atoms with Crippen molar-refractivity contribution in [3.63, 3.8) is 0 Å². The normalized spacial score (nSPS) is 17.5. The highest BCUT2D eigenvalue weighted by Crippen LogP contribution is 2.23. The average molecular weight is 342 g/mol. The quantitative estimate of drug-likeness (QED) is 0.899. The Kier molecular flexibility index (Phi) is 5.14. The molecule has 1 amide bonds. The Balaban J connectivity index is 1.63. The third kappa shape index (κ3) is 4.24. The minimum absolute atomic E-state index is 0.00433. The van der Waals surface area contributed by atoms with Gasteiger partial charge in [0.25, 0.3) is 5.56 Å². The minimum Gasteiger partial charge on any atom is -0.399 e. The van der Waals surface area contributed by atoms with Crippen molar-refractivity contribution in [2.75, 3.05) is 25.4 Å². The standard InChI is InChI=1S/C18H22N4O3/c1-13-10-14(19)11-15(20-13)16-12-22(8-9-25-16)18(24)5-7-21-6-3-2-4-17(21)23/h2-4,6,10-11,16H,5,7-9,12H2,1H3,(H2,19,20)/t16-/m1/s1. The zero-order valence-electron chi connectivity index (χ0n) is 14.2. The summed E-state index contributed by atoms with van der Waals surface area (Å²) >= 11 is 0. The van der Waals surface area contributed by atoms with Gasteiger partial charge in [0.2, 0.25) is 5.91 Å². The van der Waals surface area contributed by atoms with Crippen LogP contribution in [0.1, 0.15) is 23.9 Å². The molecule has 7 nitrogen and oxygen atoms in total. The number of ether oxygens (including phenoxy) is 1. The Labute approximate surface area is 146 Å². The Morgan fingerprint density at radius 3 is 3.00 bits per heavy atom. The molecule has 1 aliphatic heterocycles. The highest BCUT2D eigenvalue weighted by Gasteiger charge is 2.26. The van der Waals surface area contributed by atoms with Crippen LogP contribution in [0.15, 0.2) is 41.3 Å². The van der Waals surface area contributed by atoms with Crippen molar-refractivity contribution in [3.05, 3.63) is 58.3 Å². The molecule has 1 saturated heterocycles. The van der Waals surface area contributed by atoms with Crippen molar-refractivity contribution < 1.29 is 9.53 Å². The number of hydrogen-bond acceptors (Lipinski definition) is 5. The molecule has 0 bridgehead atoms. The van der Waals surface area contributed by atoms with Gasteiger partial charge >= 0.3 is 0 Å². The first-order valence-corrected chi connectivity index (χ1v) is 8.32. The zero-order chi connectivity index (χ0) is 17.8. The summed E-state index contributed by atoms with van der Waals surface area (Å²) < 4.78 is 7.31. The molecule has 25 heavy (non-hydrogen) atoms. The van der Waals surface area contributed by atoms with Gasteiger partial charge in [0.1, 0.15) is 6.10 Å². The van der Waals surface area contributed by atoms with E-state index in [1.807, 2.05) is 6.92 Å². The summed E-state index contributed by atoms with van der Waals surface area (Å²) in [7, 11) is 0. The number of carbonyl (C=O) groups excluding carboxylic acids is 1. The molecule has 1 aliphatic rings.